The summed E-state index contributed by atoms with van der Waals surface area (Å²) in [6.07, 6.45) is 1.73. The second-order valence-corrected chi connectivity index (χ2v) is 8.11. The summed E-state index contributed by atoms with van der Waals surface area (Å²) in [5.74, 6) is 1.31. The number of aromatic nitrogens is 2. The van der Waals surface area contributed by atoms with Crippen LogP contribution in [0.2, 0.25) is 0 Å². The van der Waals surface area contributed by atoms with Crippen LogP contribution in [-0.4, -0.2) is 21.7 Å². The van der Waals surface area contributed by atoms with E-state index in [1.807, 2.05) is 60.7 Å². The van der Waals surface area contributed by atoms with Crippen LogP contribution < -0.4 is 10.5 Å². The van der Waals surface area contributed by atoms with Gasteiger partial charge in [0.05, 0.1) is 24.0 Å². The smallest absolute Gasteiger partial charge is 0.156 e. The Bertz CT molecular complexity index is 1080. The van der Waals surface area contributed by atoms with Crippen LogP contribution in [0.1, 0.15) is 30.8 Å². The monoisotopic (exact) mass is 413 g/mol. The van der Waals surface area contributed by atoms with E-state index in [0.29, 0.717) is 5.82 Å². The van der Waals surface area contributed by atoms with E-state index in [1.165, 1.54) is 0 Å². The Morgan fingerprint density at radius 2 is 1.42 bits per heavy atom. The molecule has 0 saturated carbocycles. The first kappa shape index (κ1) is 20.8. The number of benzene rings is 3. The topological polar surface area (TPSA) is 84.2 Å². The van der Waals surface area contributed by atoms with Crippen LogP contribution in [0.25, 0.3) is 11.3 Å². The molecule has 0 fully saturated rings. The highest BCUT2D eigenvalue weighted by Gasteiger charge is 2.31. The molecular formula is C26H27N3O2. The van der Waals surface area contributed by atoms with Gasteiger partial charge in [0.1, 0.15) is 11.6 Å². The summed E-state index contributed by atoms with van der Waals surface area (Å²) in [5, 5.41) is 9.46. The van der Waals surface area contributed by atoms with Gasteiger partial charge < -0.3 is 20.6 Å². The highest BCUT2D eigenvalue weighted by Crippen LogP contribution is 2.35. The summed E-state index contributed by atoms with van der Waals surface area (Å²) < 4.78 is 6.56. The molecule has 0 spiro atoms. The van der Waals surface area contributed by atoms with E-state index in [9.17, 15) is 5.11 Å². The van der Waals surface area contributed by atoms with Gasteiger partial charge in [0.15, 0.2) is 5.60 Å². The van der Waals surface area contributed by atoms with Crippen LogP contribution in [-0.2, 0) is 11.1 Å². The quantitative estimate of drug-likeness (QED) is 0.414. The fraction of sp³-hybridized carbons (Fsp3) is 0.192. The third-order valence-electron chi connectivity index (χ3n) is 5.58. The zero-order chi connectivity index (χ0) is 21.9. The number of aliphatic hydroxyl groups is 1. The SMILES string of the molecule is CC(N)(CO)c1ncc(-c2ccc(OC(C)(c3ccccc3)c3ccccc3)cc2)[nH]1. The van der Waals surface area contributed by atoms with Crippen molar-refractivity contribution in [2.45, 2.75) is 25.0 Å². The van der Waals surface area contributed by atoms with E-state index in [2.05, 4.69) is 41.2 Å². The molecule has 1 atom stereocenters. The number of H-pyrrole nitrogens is 1. The van der Waals surface area contributed by atoms with Crippen molar-refractivity contribution in [1.82, 2.24) is 9.97 Å². The van der Waals surface area contributed by atoms with Crippen molar-refractivity contribution in [3.8, 4) is 17.0 Å². The first-order chi connectivity index (χ1) is 14.9. The molecule has 3 aromatic carbocycles. The average molecular weight is 414 g/mol. The van der Waals surface area contributed by atoms with Crippen molar-refractivity contribution >= 4 is 0 Å². The van der Waals surface area contributed by atoms with Gasteiger partial charge in [-0.15, -0.1) is 0 Å². The van der Waals surface area contributed by atoms with Gasteiger partial charge in [-0.2, -0.15) is 0 Å². The van der Waals surface area contributed by atoms with Crippen LogP contribution in [0.4, 0.5) is 0 Å². The maximum absolute atomic E-state index is 9.46. The standard InChI is InChI=1S/C26H27N3O2/c1-25(27,18-30)24-28-17-23(29-24)19-13-15-22(16-14-19)31-26(2,20-9-5-3-6-10-20)21-11-7-4-8-12-21/h3-17,30H,18,27H2,1-2H3,(H,28,29). The second-order valence-electron chi connectivity index (χ2n) is 8.11. The zero-order valence-electron chi connectivity index (χ0n) is 17.7. The minimum absolute atomic E-state index is 0.190. The second kappa shape index (κ2) is 8.38. The number of rotatable bonds is 7. The van der Waals surface area contributed by atoms with E-state index in [0.717, 1.165) is 28.1 Å². The average Bonchev–Trinajstić information content (AvgIpc) is 3.32. The minimum atomic E-state index is -0.908. The van der Waals surface area contributed by atoms with Crippen molar-refractivity contribution in [3.63, 3.8) is 0 Å². The molecule has 158 valence electrons. The molecule has 0 aliphatic rings. The maximum Gasteiger partial charge on any atom is 0.156 e. The lowest BCUT2D eigenvalue weighted by molar-refractivity contribution is 0.132. The van der Waals surface area contributed by atoms with Crippen LogP contribution >= 0.6 is 0 Å². The highest BCUT2D eigenvalue weighted by atomic mass is 16.5. The number of nitrogens with zero attached hydrogens (tertiary/aromatic N) is 1. The van der Waals surface area contributed by atoms with Gasteiger partial charge in [0.25, 0.3) is 0 Å². The molecule has 0 saturated heterocycles. The fourth-order valence-corrected chi connectivity index (χ4v) is 3.57. The molecule has 5 nitrogen and oxygen atoms in total. The summed E-state index contributed by atoms with van der Waals surface area (Å²) in [6.45, 7) is 3.63. The lowest BCUT2D eigenvalue weighted by Crippen LogP contribution is -2.38. The Balaban J connectivity index is 1.63. The third kappa shape index (κ3) is 4.24. The normalized spacial score (nSPS) is 13.5. The lowest BCUT2D eigenvalue weighted by atomic mass is 9.88. The largest absolute Gasteiger partial charge is 0.478 e. The van der Waals surface area contributed by atoms with Gasteiger partial charge in [-0.05, 0) is 54.8 Å². The number of imidazole rings is 1. The van der Waals surface area contributed by atoms with Gasteiger partial charge in [-0.1, -0.05) is 60.7 Å². The Labute approximate surface area is 182 Å². The fourth-order valence-electron chi connectivity index (χ4n) is 3.57. The first-order valence-electron chi connectivity index (χ1n) is 10.3. The first-order valence-corrected chi connectivity index (χ1v) is 10.3. The van der Waals surface area contributed by atoms with Gasteiger partial charge in [0.2, 0.25) is 0 Å². The number of ether oxygens (including phenoxy) is 1. The van der Waals surface area contributed by atoms with Gasteiger partial charge >= 0.3 is 0 Å². The van der Waals surface area contributed by atoms with Crippen LogP contribution in [0, 0.1) is 0 Å². The van der Waals surface area contributed by atoms with Crippen molar-refractivity contribution in [2.24, 2.45) is 5.73 Å². The van der Waals surface area contributed by atoms with E-state index < -0.39 is 11.1 Å². The lowest BCUT2D eigenvalue weighted by Gasteiger charge is -2.32. The molecule has 31 heavy (non-hydrogen) atoms. The molecule has 4 rings (SSSR count). The van der Waals surface area contributed by atoms with Gasteiger partial charge in [-0.3, -0.25) is 0 Å². The summed E-state index contributed by atoms with van der Waals surface area (Å²) in [6, 6.07) is 28.3. The number of hydrogen-bond donors (Lipinski definition) is 3. The van der Waals surface area contributed by atoms with Crippen molar-refractivity contribution in [2.75, 3.05) is 6.61 Å². The summed E-state index contributed by atoms with van der Waals surface area (Å²) in [7, 11) is 0. The predicted molar refractivity (Wildman–Crippen MR) is 123 cm³/mol. The molecule has 0 amide bonds. The third-order valence-corrected chi connectivity index (χ3v) is 5.58. The molecule has 4 aromatic rings. The maximum atomic E-state index is 9.46. The molecular weight excluding hydrogens is 386 g/mol. The molecule has 0 aliphatic heterocycles. The van der Waals surface area contributed by atoms with Crippen LogP contribution in [0.15, 0.2) is 91.1 Å². The summed E-state index contributed by atoms with van der Waals surface area (Å²) in [5.41, 5.74) is 8.48. The van der Waals surface area contributed by atoms with Gasteiger partial charge in [-0.25, -0.2) is 4.98 Å². The van der Waals surface area contributed by atoms with E-state index >= 15 is 0 Å². The van der Waals surface area contributed by atoms with Crippen molar-refractivity contribution < 1.29 is 9.84 Å². The molecule has 1 aromatic heterocycles. The van der Waals surface area contributed by atoms with E-state index in [-0.39, 0.29) is 6.61 Å². The molecule has 0 radical (unpaired) electrons. The molecule has 4 N–H and O–H groups in total. The molecule has 5 heteroatoms. The van der Waals surface area contributed by atoms with E-state index in [4.69, 9.17) is 10.5 Å². The number of nitrogens with one attached hydrogen (secondary N) is 1. The Morgan fingerprint density at radius 3 is 1.94 bits per heavy atom. The van der Waals surface area contributed by atoms with E-state index in [1.54, 1.807) is 13.1 Å². The van der Waals surface area contributed by atoms with Crippen molar-refractivity contribution in [3.05, 3.63) is 108 Å². The number of nitrogens with two attached hydrogens (primary N) is 1. The number of hydrogen-bond acceptors (Lipinski definition) is 4. The molecule has 1 heterocycles. The minimum Gasteiger partial charge on any atom is -0.478 e. The highest BCUT2D eigenvalue weighted by molar-refractivity contribution is 5.60. The number of aliphatic hydroxyl groups excluding tert-OH is 1. The molecule has 0 aliphatic carbocycles. The summed E-state index contributed by atoms with van der Waals surface area (Å²) >= 11 is 0. The Hall–Kier alpha value is -3.41. The van der Waals surface area contributed by atoms with Gasteiger partial charge in [0, 0.05) is 0 Å². The Kier molecular flexibility index (Phi) is 5.63. The summed E-state index contributed by atoms with van der Waals surface area (Å²) in [4.78, 5) is 7.53. The van der Waals surface area contributed by atoms with Crippen LogP contribution in [0.5, 0.6) is 5.75 Å². The van der Waals surface area contributed by atoms with Crippen LogP contribution in [0.3, 0.4) is 0 Å². The Morgan fingerprint density at radius 1 is 0.871 bits per heavy atom. The zero-order valence-corrected chi connectivity index (χ0v) is 17.7. The molecule has 1 unspecified atom stereocenters. The molecule has 0 bridgehead atoms. The number of aromatic amines is 1. The van der Waals surface area contributed by atoms with Crippen molar-refractivity contribution in [1.29, 1.82) is 0 Å². The predicted octanol–water partition coefficient (Wildman–Crippen LogP) is 4.59.